The SMILES string of the molecule is Cc1cc(F)cc(C(=O)NCC(C)C#N)c1. The summed E-state index contributed by atoms with van der Waals surface area (Å²) >= 11 is 0. The standard InChI is InChI=1S/C12H13FN2O/c1-8-3-10(5-11(13)4-8)12(16)15-7-9(2)6-14/h3-5,9H,7H2,1-2H3,(H,15,16). The van der Waals surface area contributed by atoms with Crippen LogP contribution < -0.4 is 5.32 Å². The van der Waals surface area contributed by atoms with Crippen molar-refractivity contribution in [2.45, 2.75) is 13.8 Å². The van der Waals surface area contributed by atoms with Gasteiger partial charge >= 0.3 is 0 Å². The molecule has 1 rings (SSSR count). The Bertz CT molecular complexity index is 417. The Morgan fingerprint density at radius 1 is 1.56 bits per heavy atom. The van der Waals surface area contributed by atoms with Crippen molar-refractivity contribution < 1.29 is 9.18 Å². The number of nitrogens with zero attached hydrogens (tertiary/aromatic N) is 1. The van der Waals surface area contributed by atoms with Crippen molar-refractivity contribution in [3.63, 3.8) is 0 Å². The maximum absolute atomic E-state index is 13.0. The van der Waals surface area contributed by atoms with E-state index < -0.39 is 5.82 Å². The number of aryl methyl sites for hydroxylation is 1. The van der Waals surface area contributed by atoms with Gasteiger partial charge in [0, 0.05) is 12.1 Å². The van der Waals surface area contributed by atoms with Gasteiger partial charge in [0.25, 0.3) is 5.91 Å². The number of carbonyl (C=O) groups is 1. The van der Waals surface area contributed by atoms with Crippen molar-refractivity contribution in [1.29, 1.82) is 5.26 Å². The molecule has 1 N–H and O–H groups in total. The number of benzene rings is 1. The van der Waals surface area contributed by atoms with Gasteiger partial charge in [0.2, 0.25) is 0 Å². The molecule has 1 unspecified atom stereocenters. The van der Waals surface area contributed by atoms with E-state index in [4.69, 9.17) is 5.26 Å². The van der Waals surface area contributed by atoms with Crippen molar-refractivity contribution in [3.05, 3.63) is 35.1 Å². The van der Waals surface area contributed by atoms with E-state index in [0.29, 0.717) is 5.56 Å². The molecule has 0 radical (unpaired) electrons. The predicted molar refractivity (Wildman–Crippen MR) is 58.2 cm³/mol. The fraction of sp³-hybridized carbons (Fsp3) is 0.333. The summed E-state index contributed by atoms with van der Waals surface area (Å²) in [5, 5.41) is 11.1. The Balaban J connectivity index is 2.70. The summed E-state index contributed by atoms with van der Waals surface area (Å²) in [6, 6.07) is 6.15. The lowest BCUT2D eigenvalue weighted by Crippen LogP contribution is -2.27. The van der Waals surface area contributed by atoms with Gasteiger partial charge in [-0.15, -0.1) is 0 Å². The molecule has 0 spiro atoms. The molecular weight excluding hydrogens is 207 g/mol. The summed E-state index contributed by atoms with van der Waals surface area (Å²) in [7, 11) is 0. The van der Waals surface area contributed by atoms with Crippen molar-refractivity contribution in [3.8, 4) is 6.07 Å². The molecular formula is C12H13FN2O. The second-order valence-corrected chi connectivity index (χ2v) is 3.76. The number of amides is 1. The van der Waals surface area contributed by atoms with Crippen molar-refractivity contribution in [1.82, 2.24) is 5.32 Å². The van der Waals surface area contributed by atoms with Crippen LogP contribution in [0.2, 0.25) is 0 Å². The number of hydrogen-bond acceptors (Lipinski definition) is 2. The monoisotopic (exact) mass is 220 g/mol. The molecule has 0 aliphatic heterocycles. The first-order valence-corrected chi connectivity index (χ1v) is 4.98. The third-order valence-electron chi connectivity index (χ3n) is 2.09. The van der Waals surface area contributed by atoms with Crippen molar-refractivity contribution in [2.75, 3.05) is 6.54 Å². The van der Waals surface area contributed by atoms with E-state index in [-0.39, 0.29) is 23.9 Å². The van der Waals surface area contributed by atoms with E-state index in [2.05, 4.69) is 5.32 Å². The topological polar surface area (TPSA) is 52.9 Å². The first-order valence-electron chi connectivity index (χ1n) is 4.98. The van der Waals surface area contributed by atoms with E-state index in [9.17, 15) is 9.18 Å². The molecule has 16 heavy (non-hydrogen) atoms. The molecule has 4 heteroatoms. The van der Waals surface area contributed by atoms with E-state index >= 15 is 0 Å². The minimum atomic E-state index is -0.432. The van der Waals surface area contributed by atoms with Crippen LogP contribution in [0, 0.1) is 30.0 Å². The van der Waals surface area contributed by atoms with Crippen molar-refractivity contribution >= 4 is 5.91 Å². The second kappa shape index (κ2) is 5.26. The highest BCUT2D eigenvalue weighted by atomic mass is 19.1. The number of nitriles is 1. The second-order valence-electron chi connectivity index (χ2n) is 3.76. The van der Waals surface area contributed by atoms with Crippen LogP contribution in [0.4, 0.5) is 4.39 Å². The highest BCUT2D eigenvalue weighted by molar-refractivity contribution is 5.94. The first kappa shape index (κ1) is 12.2. The van der Waals surface area contributed by atoms with Gasteiger partial charge in [0.15, 0.2) is 0 Å². The molecule has 1 aromatic carbocycles. The van der Waals surface area contributed by atoms with Crippen LogP contribution >= 0.6 is 0 Å². The van der Waals surface area contributed by atoms with Gasteiger partial charge in [-0.1, -0.05) is 0 Å². The highest BCUT2D eigenvalue weighted by Gasteiger charge is 2.08. The Morgan fingerprint density at radius 2 is 2.25 bits per heavy atom. The molecule has 3 nitrogen and oxygen atoms in total. The summed E-state index contributed by atoms with van der Waals surface area (Å²) in [4.78, 5) is 11.6. The average molecular weight is 220 g/mol. The molecule has 0 fully saturated rings. The van der Waals surface area contributed by atoms with Gasteiger partial charge in [-0.3, -0.25) is 4.79 Å². The van der Waals surface area contributed by atoms with Crippen LogP contribution in [0.1, 0.15) is 22.8 Å². The molecule has 0 saturated carbocycles. The van der Waals surface area contributed by atoms with E-state index in [1.165, 1.54) is 12.1 Å². The van der Waals surface area contributed by atoms with Gasteiger partial charge in [-0.25, -0.2) is 4.39 Å². The van der Waals surface area contributed by atoms with E-state index in [1.54, 1.807) is 19.9 Å². The lowest BCUT2D eigenvalue weighted by molar-refractivity contribution is 0.0950. The average Bonchev–Trinajstić information content (AvgIpc) is 2.23. The Labute approximate surface area is 93.9 Å². The fourth-order valence-corrected chi connectivity index (χ4v) is 1.26. The van der Waals surface area contributed by atoms with Gasteiger partial charge < -0.3 is 5.32 Å². The maximum atomic E-state index is 13.0. The molecule has 0 saturated heterocycles. The minimum Gasteiger partial charge on any atom is -0.351 e. The molecule has 1 amide bonds. The molecule has 0 heterocycles. The van der Waals surface area contributed by atoms with Crippen LogP contribution in [0.5, 0.6) is 0 Å². The van der Waals surface area contributed by atoms with Gasteiger partial charge in [0.05, 0.1) is 12.0 Å². The zero-order valence-electron chi connectivity index (χ0n) is 9.25. The van der Waals surface area contributed by atoms with Crippen LogP contribution in [-0.2, 0) is 0 Å². The molecule has 0 aliphatic rings. The smallest absolute Gasteiger partial charge is 0.251 e. The zero-order chi connectivity index (χ0) is 12.1. The maximum Gasteiger partial charge on any atom is 0.251 e. The number of rotatable bonds is 3. The zero-order valence-corrected chi connectivity index (χ0v) is 9.25. The summed E-state index contributed by atoms with van der Waals surface area (Å²) in [6.07, 6.45) is 0. The van der Waals surface area contributed by atoms with Gasteiger partial charge in [-0.2, -0.15) is 5.26 Å². The summed E-state index contributed by atoms with van der Waals surface area (Å²) in [5.41, 5.74) is 0.973. The van der Waals surface area contributed by atoms with Crippen LogP contribution in [0.3, 0.4) is 0 Å². The fourth-order valence-electron chi connectivity index (χ4n) is 1.26. The molecule has 1 atom stereocenters. The third kappa shape index (κ3) is 3.35. The molecule has 0 bridgehead atoms. The minimum absolute atomic E-state index is 0.251. The van der Waals surface area contributed by atoms with Gasteiger partial charge in [-0.05, 0) is 37.6 Å². The van der Waals surface area contributed by atoms with E-state index in [0.717, 1.165) is 0 Å². The first-order chi connectivity index (χ1) is 7.52. The molecule has 1 aromatic rings. The number of hydrogen-bond donors (Lipinski definition) is 1. The summed E-state index contributed by atoms with van der Waals surface area (Å²) in [5.74, 6) is -1.04. The van der Waals surface area contributed by atoms with Gasteiger partial charge in [0.1, 0.15) is 5.82 Å². The number of carbonyl (C=O) groups excluding carboxylic acids is 1. The quantitative estimate of drug-likeness (QED) is 0.847. The van der Waals surface area contributed by atoms with E-state index in [1.807, 2.05) is 6.07 Å². The van der Waals surface area contributed by atoms with Crippen LogP contribution in [-0.4, -0.2) is 12.5 Å². The number of nitrogens with one attached hydrogen (secondary N) is 1. The normalized spacial score (nSPS) is 11.6. The number of halogens is 1. The molecule has 0 aliphatic carbocycles. The highest BCUT2D eigenvalue weighted by Crippen LogP contribution is 2.08. The Hall–Kier alpha value is -1.89. The Kier molecular flexibility index (Phi) is 4.01. The Morgan fingerprint density at radius 3 is 2.81 bits per heavy atom. The van der Waals surface area contributed by atoms with Crippen LogP contribution in [0.15, 0.2) is 18.2 Å². The predicted octanol–water partition coefficient (Wildman–Crippen LogP) is 2.02. The lowest BCUT2D eigenvalue weighted by Gasteiger charge is -2.06. The third-order valence-corrected chi connectivity index (χ3v) is 2.09. The van der Waals surface area contributed by atoms with Crippen molar-refractivity contribution in [2.24, 2.45) is 5.92 Å². The molecule has 0 aromatic heterocycles. The molecule has 84 valence electrons. The summed E-state index contributed by atoms with van der Waals surface area (Å²) in [6.45, 7) is 3.69. The lowest BCUT2D eigenvalue weighted by atomic mass is 10.1. The summed E-state index contributed by atoms with van der Waals surface area (Å²) < 4.78 is 13.0. The van der Waals surface area contributed by atoms with Crippen LogP contribution in [0.25, 0.3) is 0 Å². The largest absolute Gasteiger partial charge is 0.351 e.